The highest BCUT2D eigenvalue weighted by molar-refractivity contribution is 9.11. The molecule has 0 atom stereocenters. The van der Waals surface area contributed by atoms with Gasteiger partial charge in [0.1, 0.15) is 12.4 Å². The van der Waals surface area contributed by atoms with Crippen molar-refractivity contribution in [1.29, 1.82) is 0 Å². The Morgan fingerprint density at radius 3 is 2.56 bits per heavy atom. The third-order valence-corrected chi connectivity index (χ3v) is 6.13. The number of aliphatic carboxylic acids is 1. The van der Waals surface area contributed by atoms with Crippen LogP contribution in [0.5, 0.6) is 17.2 Å². The van der Waals surface area contributed by atoms with Gasteiger partial charge in [-0.2, -0.15) is 0 Å². The topological polar surface area (TPSA) is 102 Å². The molecule has 32 heavy (non-hydrogen) atoms. The van der Waals surface area contributed by atoms with Crippen LogP contribution in [-0.4, -0.2) is 54.0 Å². The van der Waals surface area contributed by atoms with Crippen molar-refractivity contribution in [2.75, 3.05) is 26.9 Å². The molecular weight excluding hydrogens is 570 g/mol. The van der Waals surface area contributed by atoms with Crippen LogP contribution in [0.3, 0.4) is 0 Å². The number of carboxylic acid groups (broad SMARTS) is 1. The lowest BCUT2D eigenvalue weighted by molar-refractivity contribution is -0.139. The van der Waals surface area contributed by atoms with Gasteiger partial charge in [-0.25, -0.2) is 4.79 Å². The Morgan fingerprint density at radius 2 is 1.88 bits per heavy atom. The maximum absolute atomic E-state index is 12.8. The first kappa shape index (κ1) is 24.1. The average Bonchev–Trinajstić information content (AvgIpc) is 3.00. The first-order valence-electron chi connectivity index (χ1n) is 9.15. The number of para-hydroxylation sites is 2. The van der Waals surface area contributed by atoms with E-state index < -0.39 is 23.7 Å². The molecule has 2 aromatic carbocycles. The van der Waals surface area contributed by atoms with Gasteiger partial charge in [0.25, 0.3) is 11.1 Å². The summed E-state index contributed by atoms with van der Waals surface area (Å²) in [6.07, 6.45) is 1.50. The molecule has 0 aliphatic carbocycles. The van der Waals surface area contributed by atoms with Gasteiger partial charge in [-0.1, -0.05) is 28.1 Å². The zero-order chi connectivity index (χ0) is 23.3. The summed E-state index contributed by atoms with van der Waals surface area (Å²) in [5.74, 6) is -0.292. The molecule has 0 bridgehead atoms. The van der Waals surface area contributed by atoms with E-state index in [1.54, 1.807) is 30.3 Å². The number of imide groups is 1. The van der Waals surface area contributed by atoms with E-state index in [2.05, 4.69) is 31.9 Å². The molecule has 0 spiro atoms. The van der Waals surface area contributed by atoms with Crippen LogP contribution in [0.4, 0.5) is 4.79 Å². The zero-order valence-corrected chi connectivity index (χ0v) is 20.7. The van der Waals surface area contributed by atoms with Crippen LogP contribution < -0.4 is 14.2 Å². The summed E-state index contributed by atoms with van der Waals surface area (Å²) in [5.41, 5.74) is 0.447. The van der Waals surface area contributed by atoms with Gasteiger partial charge in [0, 0.05) is 10.0 Å². The van der Waals surface area contributed by atoms with E-state index in [4.69, 9.17) is 19.3 Å². The molecule has 0 saturated carbocycles. The van der Waals surface area contributed by atoms with E-state index in [1.165, 1.54) is 13.2 Å². The van der Waals surface area contributed by atoms with Crippen molar-refractivity contribution in [2.45, 2.75) is 0 Å². The third-order valence-electron chi connectivity index (χ3n) is 4.18. The lowest BCUT2D eigenvalue weighted by Crippen LogP contribution is -2.32. The fourth-order valence-electron chi connectivity index (χ4n) is 2.79. The summed E-state index contributed by atoms with van der Waals surface area (Å²) in [6.45, 7) is -0.394. The second-order valence-electron chi connectivity index (χ2n) is 6.32. The SMILES string of the molecule is COc1ccccc1OCCN1C(=O)S/C(=C\c2cc(Br)cc(Br)c2OCC(=O)O)C1=O. The Bertz CT molecular complexity index is 1090. The summed E-state index contributed by atoms with van der Waals surface area (Å²) in [4.78, 5) is 37.4. The number of hydrogen-bond acceptors (Lipinski definition) is 7. The number of amides is 2. The highest BCUT2D eigenvalue weighted by Gasteiger charge is 2.35. The molecule has 2 amide bonds. The Balaban J connectivity index is 1.75. The standard InChI is InChI=1S/C21H17Br2NO7S/c1-29-15-4-2-3-5-16(15)30-7-6-24-20(27)17(32-21(24)28)9-12-8-13(22)10-14(23)19(12)31-11-18(25)26/h2-5,8-10H,6-7,11H2,1H3,(H,25,26)/b17-9-. The minimum absolute atomic E-state index is 0.0601. The number of hydrogen-bond donors (Lipinski definition) is 1. The van der Waals surface area contributed by atoms with Crippen molar-refractivity contribution < 1.29 is 33.7 Å². The Kier molecular flexibility index (Phi) is 8.21. The molecule has 8 nitrogen and oxygen atoms in total. The van der Waals surface area contributed by atoms with E-state index in [9.17, 15) is 14.4 Å². The number of thioether (sulfide) groups is 1. The summed E-state index contributed by atoms with van der Waals surface area (Å²) >= 11 is 7.48. The smallest absolute Gasteiger partial charge is 0.341 e. The maximum Gasteiger partial charge on any atom is 0.341 e. The minimum atomic E-state index is -1.14. The van der Waals surface area contributed by atoms with Crippen LogP contribution in [0, 0.1) is 0 Å². The van der Waals surface area contributed by atoms with Gasteiger partial charge >= 0.3 is 5.97 Å². The van der Waals surface area contributed by atoms with Crippen LogP contribution in [-0.2, 0) is 9.59 Å². The molecule has 1 fully saturated rings. The van der Waals surface area contributed by atoms with Crippen LogP contribution in [0.1, 0.15) is 5.56 Å². The number of benzene rings is 2. The molecule has 0 radical (unpaired) electrons. The Labute approximate surface area is 204 Å². The quantitative estimate of drug-likeness (QED) is 0.418. The highest BCUT2D eigenvalue weighted by atomic mass is 79.9. The number of methoxy groups -OCH3 is 1. The van der Waals surface area contributed by atoms with Gasteiger partial charge < -0.3 is 19.3 Å². The molecule has 1 aliphatic rings. The maximum atomic E-state index is 12.8. The zero-order valence-electron chi connectivity index (χ0n) is 16.7. The van der Waals surface area contributed by atoms with E-state index in [-0.39, 0.29) is 23.8 Å². The lowest BCUT2D eigenvalue weighted by Gasteiger charge is -2.14. The molecule has 1 heterocycles. The predicted octanol–water partition coefficient (Wildman–Crippen LogP) is 4.80. The summed E-state index contributed by atoms with van der Waals surface area (Å²) in [5, 5.41) is 8.49. The predicted molar refractivity (Wildman–Crippen MR) is 126 cm³/mol. The van der Waals surface area contributed by atoms with E-state index in [1.807, 2.05) is 6.07 Å². The first-order chi connectivity index (χ1) is 15.3. The number of carbonyl (C=O) groups excluding carboxylic acids is 2. The summed E-state index contributed by atoms with van der Waals surface area (Å²) < 4.78 is 17.4. The molecule has 1 N–H and O–H groups in total. The fraction of sp³-hybridized carbons (Fsp3) is 0.190. The third kappa shape index (κ3) is 5.84. The number of ether oxygens (including phenoxy) is 3. The molecule has 168 valence electrons. The summed E-state index contributed by atoms with van der Waals surface area (Å²) in [6, 6.07) is 10.4. The molecule has 1 saturated heterocycles. The number of carbonyl (C=O) groups is 3. The average molecular weight is 587 g/mol. The van der Waals surface area contributed by atoms with Crippen molar-refractivity contribution >= 4 is 66.8 Å². The number of rotatable bonds is 9. The van der Waals surface area contributed by atoms with Crippen molar-refractivity contribution in [3.05, 3.63) is 55.8 Å². The summed E-state index contributed by atoms with van der Waals surface area (Å²) in [7, 11) is 1.53. The lowest BCUT2D eigenvalue weighted by atomic mass is 10.2. The number of carboxylic acids is 1. The van der Waals surface area contributed by atoms with Crippen molar-refractivity contribution in [2.24, 2.45) is 0 Å². The van der Waals surface area contributed by atoms with Crippen molar-refractivity contribution in [3.8, 4) is 17.2 Å². The highest BCUT2D eigenvalue weighted by Crippen LogP contribution is 2.38. The van der Waals surface area contributed by atoms with E-state index in [0.717, 1.165) is 16.7 Å². The van der Waals surface area contributed by atoms with Gasteiger partial charge in [-0.05, 0) is 58.0 Å². The normalized spacial score (nSPS) is 14.7. The van der Waals surface area contributed by atoms with Crippen LogP contribution in [0.25, 0.3) is 6.08 Å². The molecule has 0 aromatic heterocycles. The van der Waals surface area contributed by atoms with Gasteiger partial charge in [0.2, 0.25) is 0 Å². The van der Waals surface area contributed by atoms with Gasteiger partial charge in [0.15, 0.2) is 18.1 Å². The second-order valence-corrected chi connectivity index (χ2v) is 9.08. The molecular formula is C21H17Br2NO7S. The Morgan fingerprint density at radius 1 is 1.16 bits per heavy atom. The fourth-order valence-corrected chi connectivity index (χ4v) is 5.02. The van der Waals surface area contributed by atoms with Gasteiger partial charge in [-0.15, -0.1) is 0 Å². The largest absolute Gasteiger partial charge is 0.493 e. The number of nitrogens with zero attached hydrogens (tertiary/aromatic N) is 1. The Hall–Kier alpha value is -2.50. The van der Waals surface area contributed by atoms with Crippen LogP contribution in [0.15, 0.2) is 50.2 Å². The molecule has 0 unspecified atom stereocenters. The van der Waals surface area contributed by atoms with Crippen LogP contribution >= 0.6 is 43.6 Å². The number of halogens is 2. The second kappa shape index (κ2) is 10.9. The van der Waals surface area contributed by atoms with Crippen molar-refractivity contribution in [1.82, 2.24) is 4.90 Å². The molecule has 2 aromatic rings. The van der Waals surface area contributed by atoms with Crippen molar-refractivity contribution in [3.63, 3.8) is 0 Å². The van der Waals surface area contributed by atoms with E-state index in [0.29, 0.717) is 26.0 Å². The molecule has 3 rings (SSSR count). The van der Waals surface area contributed by atoms with Gasteiger partial charge in [0.05, 0.1) is 23.0 Å². The van der Waals surface area contributed by atoms with Gasteiger partial charge in [-0.3, -0.25) is 14.5 Å². The minimum Gasteiger partial charge on any atom is -0.493 e. The molecule has 11 heteroatoms. The molecule has 1 aliphatic heterocycles. The van der Waals surface area contributed by atoms with E-state index >= 15 is 0 Å². The van der Waals surface area contributed by atoms with Crippen LogP contribution in [0.2, 0.25) is 0 Å². The first-order valence-corrected chi connectivity index (χ1v) is 11.5. The monoisotopic (exact) mass is 585 g/mol.